The Bertz CT molecular complexity index is 884. The number of carbonyl (C=O) groups excluding carboxylic acids is 1. The fourth-order valence-electron chi connectivity index (χ4n) is 2.16. The van der Waals surface area contributed by atoms with Crippen LogP contribution in [0.3, 0.4) is 0 Å². The molecule has 0 aliphatic rings. The first kappa shape index (κ1) is 13.9. The van der Waals surface area contributed by atoms with Crippen molar-refractivity contribution >= 4 is 22.6 Å². The molecule has 5 nitrogen and oxygen atoms in total. The number of hydrogen-bond acceptors (Lipinski definition) is 4. The minimum Gasteiger partial charge on any atom is -0.493 e. The lowest BCUT2D eigenvalue weighted by molar-refractivity contribution is 0.102. The number of carbonyl (C=O) groups is 1. The number of ether oxygens (including phenoxy) is 1. The molecule has 1 heterocycles. The molecule has 22 heavy (non-hydrogen) atoms. The van der Waals surface area contributed by atoms with Crippen LogP contribution in [0.1, 0.15) is 10.4 Å². The average Bonchev–Trinajstić information content (AvgIpc) is 2.54. The fraction of sp³-hybridized carbons (Fsp3) is 0.0588. The third kappa shape index (κ3) is 2.56. The highest BCUT2D eigenvalue weighted by Crippen LogP contribution is 2.24. The van der Waals surface area contributed by atoms with Crippen LogP contribution in [0.4, 0.5) is 5.69 Å². The van der Waals surface area contributed by atoms with Crippen LogP contribution in [-0.2, 0) is 0 Å². The smallest absolute Gasteiger partial charge is 0.349 e. The number of rotatable bonds is 3. The van der Waals surface area contributed by atoms with Crippen molar-refractivity contribution in [2.75, 3.05) is 12.4 Å². The summed E-state index contributed by atoms with van der Waals surface area (Å²) in [6.45, 7) is 0. The molecule has 0 saturated carbocycles. The van der Waals surface area contributed by atoms with Crippen LogP contribution >= 0.6 is 0 Å². The molecule has 0 atom stereocenters. The lowest BCUT2D eigenvalue weighted by Crippen LogP contribution is -2.20. The number of nitrogens with one attached hydrogen (secondary N) is 1. The molecule has 1 amide bonds. The van der Waals surface area contributed by atoms with Crippen molar-refractivity contribution in [3.8, 4) is 5.75 Å². The van der Waals surface area contributed by atoms with Crippen molar-refractivity contribution in [2.24, 2.45) is 0 Å². The molecule has 0 aliphatic carbocycles. The van der Waals surface area contributed by atoms with Crippen LogP contribution in [0, 0.1) is 0 Å². The van der Waals surface area contributed by atoms with Gasteiger partial charge in [0.25, 0.3) is 5.91 Å². The number of anilines is 1. The Labute approximate surface area is 126 Å². The van der Waals surface area contributed by atoms with Gasteiger partial charge in [-0.15, -0.1) is 0 Å². The lowest BCUT2D eigenvalue weighted by Gasteiger charge is -2.06. The van der Waals surface area contributed by atoms with Gasteiger partial charge in [-0.1, -0.05) is 30.3 Å². The van der Waals surface area contributed by atoms with E-state index in [1.165, 1.54) is 13.2 Å². The number of benzene rings is 2. The van der Waals surface area contributed by atoms with Crippen LogP contribution in [0.25, 0.3) is 11.0 Å². The van der Waals surface area contributed by atoms with Gasteiger partial charge in [-0.05, 0) is 24.3 Å². The predicted octanol–water partition coefficient (Wildman–Crippen LogP) is 3.05. The monoisotopic (exact) mass is 295 g/mol. The summed E-state index contributed by atoms with van der Waals surface area (Å²) in [6.07, 6.45) is 0. The summed E-state index contributed by atoms with van der Waals surface area (Å²) < 4.78 is 10.4. The standard InChI is InChI=1S/C17H13NO4/c1-21-14-9-5-6-11-10-13(17(20)22-15(11)14)16(19)18-12-7-3-2-4-8-12/h2-10H,1H3,(H,18,19). The molecule has 3 rings (SSSR count). The topological polar surface area (TPSA) is 68.5 Å². The summed E-state index contributed by atoms with van der Waals surface area (Å²) in [5.41, 5.74) is 0.180. The minimum atomic E-state index is -0.703. The molecule has 0 aliphatic heterocycles. The van der Waals surface area contributed by atoms with Gasteiger partial charge >= 0.3 is 5.63 Å². The van der Waals surface area contributed by atoms with Crippen molar-refractivity contribution in [3.05, 3.63) is 70.6 Å². The molecule has 5 heteroatoms. The molecule has 0 fully saturated rings. The van der Waals surface area contributed by atoms with Crippen LogP contribution in [0.2, 0.25) is 0 Å². The van der Waals surface area contributed by atoms with Crippen molar-refractivity contribution in [2.45, 2.75) is 0 Å². The SMILES string of the molecule is COc1cccc2cc(C(=O)Nc3ccccc3)c(=O)oc12. The van der Waals surface area contributed by atoms with Gasteiger partial charge in [-0.25, -0.2) is 4.79 Å². The number of hydrogen-bond donors (Lipinski definition) is 1. The van der Waals surface area contributed by atoms with Gasteiger partial charge in [0.15, 0.2) is 11.3 Å². The molecule has 1 aromatic heterocycles. The van der Waals surface area contributed by atoms with Crippen LogP contribution in [-0.4, -0.2) is 13.0 Å². The summed E-state index contributed by atoms with van der Waals surface area (Å²) in [6, 6.07) is 15.6. The predicted molar refractivity (Wildman–Crippen MR) is 83.4 cm³/mol. The van der Waals surface area contributed by atoms with Gasteiger partial charge in [0.1, 0.15) is 5.56 Å². The van der Waals surface area contributed by atoms with Gasteiger partial charge in [0.05, 0.1) is 7.11 Å². The number of amides is 1. The van der Waals surface area contributed by atoms with E-state index in [1.807, 2.05) is 6.07 Å². The second-order valence-corrected chi connectivity index (χ2v) is 4.65. The van der Waals surface area contributed by atoms with Crippen LogP contribution < -0.4 is 15.7 Å². The molecule has 0 spiro atoms. The third-order valence-corrected chi connectivity index (χ3v) is 3.22. The van der Waals surface area contributed by atoms with E-state index in [0.717, 1.165) is 0 Å². The molecule has 2 aromatic carbocycles. The first-order chi connectivity index (χ1) is 10.7. The van der Waals surface area contributed by atoms with Crippen molar-refractivity contribution in [1.29, 1.82) is 0 Å². The summed E-state index contributed by atoms with van der Waals surface area (Å²) in [5, 5.41) is 3.28. The second kappa shape index (κ2) is 5.73. The van der Waals surface area contributed by atoms with E-state index in [1.54, 1.807) is 42.5 Å². The van der Waals surface area contributed by atoms with E-state index in [-0.39, 0.29) is 5.56 Å². The zero-order chi connectivity index (χ0) is 15.5. The zero-order valence-corrected chi connectivity index (χ0v) is 11.8. The molecular formula is C17H13NO4. The third-order valence-electron chi connectivity index (χ3n) is 3.22. The molecule has 3 aromatic rings. The van der Waals surface area contributed by atoms with Crippen molar-refractivity contribution < 1.29 is 13.9 Å². The average molecular weight is 295 g/mol. The maximum atomic E-state index is 12.2. The van der Waals surface area contributed by atoms with Crippen molar-refractivity contribution in [1.82, 2.24) is 0 Å². The Balaban J connectivity index is 2.02. The van der Waals surface area contributed by atoms with E-state index in [9.17, 15) is 9.59 Å². The molecule has 1 N–H and O–H groups in total. The summed E-state index contributed by atoms with van der Waals surface area (Å²) in [5.74, 6) is -0.0608. The Hall–Kier alpha value is -3.08. The highest BCUT2D eigenvalue weighted by molar-refractivity contribution is 6.05. The Kier molecular flexibility index (Phi) is 3.62. The van der Waals surface area contributed by atoms with Gasteiger partial charge in [-0.3, -0.25) is 4.79 Å². The maximum absolute atomic E-state index is 12.2. The first-order valence-corrected chi connectivity index (χ1v) is 6.66. The second-order valence-electron chi connectivity index (χ2n) is 4.65. The van der Waals surface area contributed by atoms with Gasteiger partial charge in [-0.2, -0.15) is 0 Å². The number of methoxy groups -OCH3 is 1. The van der Waals surface area contributed by atoms with Gasteiger partial charge in [0, 0.05) is 11.1 Å². The number of fused-ring (bicyclic) bond motifs is 1. The van der Waals surface area contributed by atoms with E-state index >= 15 is 0 Å². The number of para-hydroxylation sites is 2. The first-order valence-electron chi connectivity index (χ1n) is 6.66. The van der Waals surface area contributed by atoms with E-state index < -0.39 is 11.5 Å². The lowest BCUT2D eigenvalue weighted by atomic mass is 10.1. The summed E-state index contributed by atoms with van der Waals surface area (Å²) in [4.78, 5) is 24.3. The Morgan fingerprint density at radius 1 is 1.09 bits per heavy atom. The Morgan fingerprint density at radius 2 is 1.86 bits per heavy atom. The fourth-order valence-corrected chi connectivity index (χ4v) is 2.16. The molecule has 0 bridgehead atoms. The van der Waals surface area contributed by atoms with Gasteiger partial charge < -0.3 is 14.5 Å². The van der Waals surface area contributed by atoms with E-state index in [0.29, 0.717) is 22.4 Å². The summed E-state index contributed by atoms with van der Waals surface area (Å²) >= 11 is 0. The highest BCUT2D eigenvalue weighted by atomic mass is 16.5. The molecule has 110 valence electrons. The van der Waals surface area contributed by atoms with Crippen molar-refractivity contribution in [3.63, 3.8) is 0 Å². The highest BCUT2D eigenvalue weighted by Gasteiger charge is 2.15. The summed E-state index contributed by atoms with van der Waals surface area (Å²) in [7, 11) is 1.49. The van der Waals surface area contributed by atoms with E-state index in [2.05, 4.69) is 5.32 Å². The quantitative estimate of drug-likeness (QED) is 0.754. The normalized spacial score (nSPS) is 10.4. The maximum Gasteiger partial charge on any atom is 0.349 e. The largest absolute Gasteiger partial charge is 0.493 e. The van der Waals surface area contributed by atoms with Crippen LogP contribution in [0.5, 0.6) is 5.75 Å². The molecule has 0 saturated heterocycles. The molecular weight excluding hydrogens is 282 g/mol. The minimum absolute atomic E-state index is 0.0513. The Morgan fingerprint density at radius 3 is 2.59 bits per heavy atom. The van der Waals surface area contributed by atoms with E-state index in [4.69, 9.17) is 9.15 Å². The van der Waals surface area contributed by atoms with Crippen LogP contribution in [0.15, 0.2) is 63.8 Å². The zero-order valence-electron chi connectivity index (χ0n) is 11.8. The van der Waals surface area contributed by atoms with Gasteiger partial charge in [0.2, 0.25) is 0 Å². The molecule has 0 unspecified atom stereocenters. The molecule has 0 radical (unpaired) electrons.